The number of furan rings is 1. The van der Waals surface area contributed by atoms with Crippen LogP contribution in [0.25, 0.3) is 0 Å². The lowest BCUT2D eigenvalue weighted by Crippen LogP contribution is -2.53. The lowest BCUT2D eigenvalue weighted by molar-refractivity contribution is -0.163. The van der Waals surface area contributed by atoms with E-state index in [2.05, 4.69) is 0 Å². The van der Waals surface area contributed by atoms with Gasteiger partial charge < -0.3 is 9.32 Å². The topological polar surface area (TPSA) is 100 Å². The van der Waals surface area contributed by atoms with E-state index in [4.69, 9.17) is 9.56 Å². The van der Waals surface area contributed by atoms with Crippen LogP contribution in [0.3, 0.4) is 0 Å². The molecule has 0 saturated carbocycles. The van der Waals surface area contributed by atoms with Crippen LogP contribution in [0.2, 0.25) is 0 Å². The molecule has 1 amide bonds. The van der Waals surface area contributed by atoms with Crippen LogP contribution in [0, 0.1) is 0 Å². The number of halogens is 3. The Morgan fingerprint density at radius 3 is 2.40 bits per heavy atom. The molecule has 0 aliphatic carbocycles. The summed E-state index contributed by atoms with van der Waals surface area (Å²) in [5, 5.41) is 5.02. The van der Waals surface area contributed by atoms with Crippen LogP contribution < -0.4 is 5.14 Å². The smallest absolute Gasteiger partial charge is 0.406 e. The molecule has 0 bridgehead atoms. The second-order valence-electron chi connectivity index (χ2n) is 5.66. The summed E-state index contributed by atoms with van der Waals surface area (Å²) in [5.41, 5.74) is 0. The molecule has 1 aliphatic rings. The van der Waals surface area contributed by atoms with Gasteiger partial charge in [-0.3, -0.25) is 9.69 Å². The van der Waals surface area contributed by atoms with Crippen molar-refractivity contribution in [2.24, 2.45) is 5.14 Å². The van der Waals surface area contributed by atoms with Crippen LogP contribution >= 0.6 is 0 Å². The Bertz CT molecular complexity index is 670. The zero-order valence-corrected chi connectivity index (χ0v) is 14.1. The molecule has 1 aliphatic heterocycles. The average molecular weight is 384 g/mol. The number of rotatable bonds is 6. The number of amides is 1. The molecular formula is C13H19F3N4O4S. The van der Waals surface area contributed by atoms with Gasteiger partial charge in [0, 0.05) is 26.2 Å². The van der Waals surface area contributed by atoms with Crippen molar-refractivity contribution in [3.05, 3.63) is 24.2 Å². The Kier molecular flexibility index (Phi) is 6.08. The van der Waals surface area contributed by atoms with Gasteiger partial charge in [-0.25, -0.2) is 5.14 Å². The molecule has 2 rings (SSSR count). The summed E-state index contributed by atoms with van der Waals surface area (Å²) < 4.78 is 66.7. The fourth-order valence-corrected chi connectivity index (χ4v) is 3.14. The molecule has 0 unspecified atom stereocenters. The van der Waals surface area contributed by atoms with E-state index in [0.29, 0.717) is 4.90 Å². The second-order valence-corrected chi connectivity index (χ2v) is 7.21. The molecule has 1 aromatic rings. The predicted octanol–water partition coefficient (Wildman–Crippen LogP) is -0.00840. The lowest BCUT2D eigenvalue weighted by atomic mass is 10.3. The highest BCUT2D eigenvalue weighted by Crippen LogP contribution is 2.19. The number of carbonyl (C=O) groups is 1. The average Bonchev–Trinajstić information content (AvgIpc) is 2.98. The molecule has 2 heterocycles. The number of alkyl halides is 3. The molecule has 2 N–H and O–H groups in total. The molecule has 8 nitrogen and oxygen atoms in total. The number of hydrogen-bond acceptors (Lipinski definition) is 5. The monoisotopic (exact) mass is 384 g/mol. The van der Waals surface area contributed by atoms with Crippen molar-refractivity contribution in [3.8, 4) is 0 Å². The van der Waals surface area contributed by atoms with Crippen molar-refractivity contribution in [2.75, 3.05) is 39.3 Å². The zero-order chi connectivity index (χ0) is 18.7. The molecule has 0 aromatic carbocycles. The first-order valence-electron chi connectivity index (χ1n) is 7.42. The van der Waals surface area contributed by atoms with Crippen molar-refractivity contribution in [1.29, 1.82) is 0 Å². The van der Waals surface area contributed by atoms with Crippen LogP contribution in [-0.4, -0.2) is 73.9 Å². The van der Waals surface area contributed by atoms with E-state index < -0.39 is 28.8 Å². The summed E-state index contributed by atoms with van der Waals surface area (Å²) >= 11 is 0. The van der Waals surface area contributed by atoms with Gasteiger partial charge in [0.15, 0.2) is 0 Å². The highest BCUT2D eigenvalue weighted by atomic mass is 32.2. The van der Waals surface area contributed by atoms with E-state index in [1.54, 1.807) is 4.90 Å². The SMILES string of the molecule is NS(=O)(=O)N1CCN(CC(=O)N(Cc2ccco2)CC(F)(F)F)CC1. The van der Waals surface area contributed by atoms with E-state index in [-0.39, 0.29) is 45.0 Å². The van der Waals surface area contributed by atoms with Gasteiger partial charge in [-0.2, -0.15) is 25.9 Å². The van der Waals surface area contributed by atoms with Crippen molar-refractivity contribution in [1.82, 2.24) is 14.1 Å². The molecule has 0 spiro atoms. The molecular weight excluding hydrogens is 365 g/mol. The maximum Gasteiger partial charge on any atom is 0.406 e. The summed E-state index contributed by atoms with van der Waals surface area (Å²) in [6.45, 7) is -1.32. The predicted molar refractivity (Wildman–Crippen MR) is 81.3 cm³/mol. The maximum atomic E-state index is 12.7. The normalized spacial score (nSPS) is 17.6. The van der Waals surface area contributed by atoms with E-state index >= 15 is 0 Å². The van der Waals surface area contributed by atoms with Gasteiger partial charge in [0.2, 0.25) is 5.91 Å². The Labute approximate surface area is 143 Å². The fraction of sp³-hybridized carbons (Fsp3) is 0.615. The number of nitrogens with two attached hydrogens (primary N) is 1. The minimum Gasteiger partial charge on any atom is -0.467 e. The molecule has 1 aromatic heterocycles. The quantitative estimate of drug-likeness (QED) is 0.744. The van der Waals surface area contributed by atoms with Crippen molar-refractivity contribution in [2.45, 2.75) is 12.7 Å². The summed E-state index contributed by atoms with van der Waals surface area (Å²) in [4.78, 5) is 14.5. The Morgan fingerprint density at radius 1 is 1.28 bits per heavy atom. The lowest BCUT2D eigenvalue weighted by Gasteiger charge is -2.33. The van der Waals surface area contributed by atoms with E-state index in [1.807, 2.05) is 0 Å². The van der Waals surface area contributed by atoms with Gasteiger partial charge in [0.05, 0.1) is 19.4 Å². The maximum absolute atomic E-state index is 12.7. The third kappa shape index (κ3) is 6.30. The number of piperazine rings is 1. The molecule has 0 atom stereocenters. The van der Waals surface area contributed by atoms with Crippen molar-refractivity contribution >= 4 is 16.1 Å². The molecule has 1 saturated heterocycles. The molecule has 1 fully saturated rings. The third-order valence-electron chi connectivity index (χ3n) is 3.70. The summed E-state index contributed by atoms with van der Waals surface area (Å²) in [6, 6.07) is 3.01. The van der Waals surface area contributed by atoms with Crippen LogP contribution in [0.5, 0.6) is 0 Å². The molecule has 12 heteroatoms. The Hall–Kier alpha value is -1.63. The van der Waals surface area contributed by atoms with Crippen LogP contribution in [0.4, 0.5) is 13.2 Å². The molecule has 0 radical (unpaired) electrons. The molecule has 142 valence electrons. The fourth-order valence-electron chi connectivity index (χ4n) is 2.47. The van der Waals surface area contributed by atoms with E-state index in [9.17, 15) is 26.4 Å². The Morgan fingerprint density at radius 2 is 1.92 bits per heavy atom. The van der Waals surface area contributed by atoms with Crippen molar-refractivity contribution < 1.29 is 30.8 Å². The van der Waals surface area contributed by atoms with Crippen LogP contribution in [0.1, 0.15) is 5.76 Å². The largest absolute Gasteiger partial charge is 0.467 e. The van der Waals surface area contributed by atoms with Gasteiger partial charge in [-0.15, -0.1) is 0 Å². The van der Waals surface area contributed by atoms with Crippen molar-refractivity contribution in [3.63, 3.8) is 0 Å². The minimum absolute atomic E-state index is 0.0869. The third-order valence-corrected chi connectivity index (χ3v) is 4.78. The summed E-state index contributed by atoms with van der Waals surface area (Å²) in [5.74, 6) is -0.463. The van der Waals surface area contributed by atoms with Gasteiger partial charge in [-0.05, 0) is 12.1 Å². The van der Waals surface area contributed by atoms with Gasteiger partial charge in [0.25, 0.3) is 10.2 Å². The minimum atomic E-state index is -4.53. The van der Waals surface area contributed by atoms with E-state index in [0.717, 1.165) is 4.31 Å². The number of carbonyl (C=O) groups excluding carboxylic acids is 1. The first kappa shape index (κ1) is 19.7. The first-order chi connectivity index (χ1) is 11.5. The van der Waals surface area contributed by atoms with E-state index in [1.165, 1.54) is 18.4 Å². The highest BCUT2D eigenvalue weighted by Gasteiger charge is 2.34. The highest BCUT2D eigenvalue weighted by molar-refractivity contribution is 7.86. The summed E-state index contributed by atoms with van der Waals surface area (Å²) in [7, 11) is -3.80. The van der Waals surface area contributed by atoms with Crippen LogP contribution in [0.15, 0.2) is 22.8 Å². The molecule has 25 heavy (non-hydrogen) atoms. The second kappa shape index (κ2) is 7.72. The van der Waals surface area contributed by atoms with Gasteiger partial charge >= 0.3 is 6.18 Å². The zero-order valence-electron chi connectivity index (χ0n) is 13.3. The number of nitrogens with zero attached hydrogens (tertiary/aromatic N) is 3. The number of hydrogen-bond donors (Lipinski definition) is 1. The summed E-state index contributed by atoms with van der Waals surface area (Å²) in [6.07, 6.45) is -3.22. The Balaban J connectivity index is 1.95. The van der Waals surface area contributed by atoms with Crippen LogP contribution in [-0.2, 0) is 21.5 Å². The first-order valence-corrected chi connectivity index (χ1v) is 8.92. The van der Waals surface area contributed by atoms with Gasteiger partial charge in [-0.1, -0.05) is 0 Å². The standard InChI is InChI=1S/C13H19F3N4O4S/c14-13(15,16)10-19(8-11-2-1-7-24-11)12(21)9-18-3-5-20(6-4-18)25(17,22)23/h1-2,7H,3-6,8-10H2,(H2,17,22,23). The van der Waals surface area contributed by atoms with Gasteiger partial charge in [0.1, 0.15) is 12.3 Å².